The summed E-state index contributed by atoms with van der Waals surface area (Å²) in [6.45, 7) is 0. The minimum atomic E-state index is -0.704. The van der Waals surface area contributed by atoms with E-state index in [-0.39, 0.29) is 23.6 Å². The summed E-state index contributed by atoms with van der Waals surface area (Å²) in [5.41, 5.74) is 6.11. The molecule has 3 N–H and O–H groups in total. The molecule has 19 heavy (non-hydrogen) atoms. The molecule has 0 spiro atoms. The Kier molecular flexibility index (Phi) is 4.47. The zero-order chi connectivity index (χ0) is 13.8. The molecule has 1 aliphatic rings. The average Bonchev–Trinajstić information content (AvgIpc) is 2.30. The molecule has 1 aromatic carbocycles. The maximum absolute atomic E-state index is 13.0. The molecule has 0 aromatic heterocycles. The molecule has 1 amide bonds. The van der Waals surface area contributed by atoms with Crippen molar-refractivity contribution in [2.75, 3.05) is 5.32 Å². The van der Waals surface area contributed by atoms with Gasteiger partial charge in [-0.1, -0.05) is 12.8 Å². The highest BCUT2D eigenvalue weighted by Crippen LogP contribution is 2.26. The number of halogens is 2. The fourth-order valence-corrected chi connectivity index (χ4v) is 2.57. The van der Waals surface area contributed by atoms with Crippen LogP contribution in [-0.4, -0.2) is 11.9 Å². The third-order valence-electron chi connectivity index (χ3n) is 3.56. The topological polar surface area (TPSA) is 55.1 Å². The number of anilines is 1. The van der Waals surface area contributed by atoms with E-state index in [0.717, 1.165) is 43.9 Å². The number of rotatable bonds is 3. The van der Waals surface area contributed by atoms with E-state index < -0.39 is 11.6 Å². The van der Waals surface area contributed by atoms with Gasteiger partial charge in [0.05, 0.1) is 0 Å². The van der Waals surface area contributed by atoms with Crippen molar-refractivity contribution in [1.82, 2.24) is 0 Å². The van der Waals surface area contributed by atoms with Gasteiger partial charge in [0.25, 0.3) is 0 Å². The molecule has 1 aromatic rings. The van der Waals surface area contributed by atoms with E-state index in [1.54, 1.807) is 0 Å². The molecule has 1 fully saturated rings. The summed E-state index contributed by atoms with van der Waals surface area (Å²) < 4.78 is 26.0. The largest absolute Gasteiger partial charge is 0.327 e. The Hall–Kier alpha value is -1.49. The average molecular weight is 268 g/mol. The van der Waals surface area contributed by atoms with Gasteiger partial charge < -0.3 is 11.1 Å². The quantitative estimate of drug-likeness (QED) is 0.885. The number of carbonyl (C=O) groups excluding carboxylic acids is 1. The van der Waals surface area contributed by atoms with Crippen LogP contribution in [0, 0.1) is 17.6 Å². The molecule has 104 valence electrons. The number of benzene rings is 1. The van der Waals surface area contributed by atoms with Gasteiger partial charge in [-0.3, -0.25) is 4.79 Å². The first-order chi connectivity index (χ1) is 9.04. The Morgan fingerprint density at radius 2 is 1.84 bits per heavy atom. The van der Waals surface area contributed by atoms with E-state index in [4.69, 9.17) is 5.73 Å². The standard InChI is InChI=1S/C14H18F2N2O/c15-10-6-11(16)8-12(7-10)18-14(19)5-9-3-1-2-4-13(9)17/h6-9,13H,1-5,17H2,(H,18,19). The molecule has 2 unspecified atom stereocenters. The van der Waals surface area contributed by atoms with E-state index >= 15 is 0 Å². The van der Waals surface area contributed by atoms with Crippen LogP contribution >= 0.6 is 0 Å². The van der Waals surface area contributed by atoms with E-state index in [1.165, 1.54) is 0 Å². The lowest BCUT2D eigenvalue weighted by molar-refractivity contribution is -0.117. The Balaban J connectivity index is 1.93. The molecule has 0 bridgehead atoms. The van der Waals surface area contributed by atoms with Crippen molar-refractivity contribution >= 4 is 11.6 Å². The van der Waals surface area contributed by atoms with Crippen molar-refractivity contribution in [2.45, 2.75) is 38.1 Å². The van der Waals surface area contributed by atoms with Crippen LogP contribution in [0.2, 0.25) is 0 Å². The maximum atomic E-state index is 13.0. The van der Waals surface area contributed by atoms with Crippen LogP contribution in [0.4, 0.5) is 14.5 Å². The molecule has 3 nitrogen and oxygen atoms in total. The second-order valence-electron chi connectivity index (χ2n) is 5.12. The van der Waals surface area contributed by atoms with Gasteiger partial charge in [0, 0.05) is 24.2 Å². The number of nitrogens with two attached hydrogens (primary N) is 1. The number of carbonyl (C=O) groups is 1. The van der Waals surface area contributed by atoms with Gasteiger partial charge in [0.2, 0.25) is 5.91 Å². The van der Waals surface area contributed by atoms with Crippen LogP contribution in [0.1, 0.15) is 32.1 Å². The molecule has 0 radical (unpaired) electrons. The summed E-state index contributed by atoms with van der Waals surface area (Å²) in [6.07, 6.45) is 4.37. The van der Waals surface area contributed by atoms with E-state index in [2.05, 4.69) is 5.32 Å². The Bertz CT molecular complexity index is 445. The minimum Gasteiger partial charge on any atom is -0.327 e. The summed E-state index contributed by atoms with van der Waals surface area (Å²) in [5, 5.41) is 2.52. The molecule has 1 saturated carbocycles. The van der Waals surface area contributed by atoms with E-state index in [1.807, 2.05) is 0 Å². The lowest BCUT2D eigenvalue weighted by atomic mass is 9.83. The SMILES string of the molecule is NC1CCCCC1CC(=O)Nc1cc(F)cc(F)c1. The number of hydrogen-bond acceptors (Lipinski definition) is 2. The van der Waals surface area contributed by atoms with Crippen LogP contribution < -0.4 is 11.1 Å². The minimum absolute atomic E-state index is 0.0451. The Morgan fingerprint density at radius 3 is 2.47 bits per heavy atom. The maximum Gasteiger partial charge on any atom is 0.224 e. The first-order valence-corrected chi connectivity index (χ1v) is 6.56. The highest BCUT2D eigenvalue weighted by atomic mass is 19.1. The zero-order valence-electron chi connectivity index (χ0n) is 10.7. The first kappa shape index (κ1) is 13.9. The smallest absolute Gasteiger partial charge is 0.224 e. The Labute approximate surface area is 111 Å². The van der Waals surface area contributed by atoms with Crippen molar-refractivity contribution in [3.63, 3.8) is 0 Å². The van der Waals surface area contributed by atoms with Crippen LogP contribution in [0.25, 0.3) is 0 Å². The van der Waals surface area contributed by atoms with E-state index in [0.29, 0.717) is 6.42 Å². The highest BCUT2D eigenvalue weighted by Gasteiger charge is 2.24. The van der Waals surface area contributed by atoms with Crippen molar-refractivity contribution in [1.29, 1.82) is 0 Å². The zero-order valence-corrected chi connectivity index (χ0v) is 10.7. The molecule has 0 heterocycles. The van der Waals surface area contributed by atoms with Crippen molar-refractivity contribution in [3.8, 4) is 0 Å². The van der Waals surface area contributed by atoms with Crippen LogP contribution in [-0.2, 0) is 4.79 Å². The highest BCUT2D eigenvalue weighted by molar-refractivity contribution is 5.90. The van der Waals surface area contributed by atoms with Gasteiger partial charge in [0.15, 0.2) is 0 Å². The second kappa shape index (κ2) is 6.10. The van der Waals surface area contributed by atoms with Gasteiger partial charge in [0.1, 0.15) is 11.6 Å². The molecule has 2 rings (SSSR count). The van der Waals surface area contributed by atoms with Gasteiger partial charge in [-0.25, -0.2) is 8.78 Å². The first-order valence-electron chi connectivity index (χ1n) is 6.56. The van der Waals surface area contributed by atoms with E-state index in [9.17, 15) is 13.6 Å². The predicted octanol–water partition coefficient (Wildman–Crippen LogP) is 2.81. The molecule has 0 aliphatic heterocycles. The Morgan fingerprint density at radius 1 is 1.21 bits per heavy atom. The summed E-state index contributed by atoms with van der Waals surface area (Å²) in [5.74, 6) is -1.49. The van der Waals surface area contributed by atoms with Crippen molar-refractivity contribution in [3.05, 3.63) is 29.8 Å². The van der Waals surface area contributed by atoms with Gasteiger partial charge in [-0.2, -0.15) is 0 Å². The van der Waals surface area contributed by atoms with Gasteiger partial charge in [-0.15, -0.1) is 0 Å². The van der Waals surface area contributed by atoms with Crippen molar-refractivity contribution < 1.29 is 13.6 Å². The van der Waals surface area contributed by atoms with Crippen LogP contribution in [0.5, 0.6) is 0 Å². The van der Waals surface area contributed by atoms with Crippen LogP contribution in [0.3, 0.4) is 0 Å². The van der Waals surface area contributed by atoms with Crippen LogP contribution in [0.15, 0.2) is 18.2 Å². The summed E-state index contributed by atoms with van der Waals surface area (Å²) >= 11 is 0. The second-order valence-corrected chi connectivity index (χ2v) is 5.12. The summed E-state index contributed by atoms with van der Waals surface area (Å²) in [7, 11) is 0. The molecule has 5 heteroatoms. The molecular formula is C14H18F2N2O. The fourth-order valence-electron chi connectivity index (χ4n) is 2.57. The molecular weight excluding hydrogens is 250 g/mol. The normalized spacial score (nSPS) is 23.1. The third kappa shape index (κ3) is 3.99. The monoisotopic (exact) mass is 268 g/mol. The third-order valence-corrected chi connectivity index (χ3v) is 3.56. The fraction of sp³-hybridized carbons (Fsp3) is 0.500. The van der Waals surface area contributed by atoms with Gasteiger partial charge in [-0.05, 0) is 30.9 Å². The summed E-state index contributed by atoms with van der Waals surface area (Å²) in [4.78, 5) is 11.8. The number of hydrogen-bond donors (Lipinski definition) is 2. The number of amides is 1. The predicted molar refractivity (Wildman–Crippen MR) is 69.5 cm³/mol. The van der Waals surface area contributed by atoms with Gasteiger partial charge >= 0.3 is 0 Å². The molecule has 2 atom stereocenters. The number of nitrogens with one attached hydrogen (secondary N) is 1. The molecule has 0 saturated heterocycles. The summed E-state index contributed by atoms with van der Waals surface area (Å²) in [6, 6.07) is 3.01. The lowest BCUT2D eigenvalue weighted by Gasteiger charge is -2.27. The molecule has 1 aliphatic carbocycles. The lowest BCUT2D eigenvalue weighted by Crippen LogP contribution is -2.35. The van der Waals surface area contributed by atoms with Crippen molar-refractivity contribution in [2.24, 2.45) is 11.7 Å².